The Balaban J connectivity index is 1.23. The van der Waals surface area contributed by atoms with E-state index in [9.17, 15) is 10.1 Å². The van der Waals surface area contributed by atoms with E-state index < -0.39 is 0 Å². The van der Waals surface area contributed by atoms with Gasteiger partial charge in [0, 0.05) is 51.3 Å². The van der Waals surface area contributed by atoms with Crippen molar-refractivity contribution in [2.24, 2.45) is 0 Å². The summed E-state index contributed by atoms with van der Waals surface area (Å²) in [4.78, 5) is 20.7. The fourth-order valence-electron chi connectivity index (χ4n) is 3.52. The van der Waals surface area contributed by atoms with E-state index in [1.54, 1.807) is 24.5 Å². The van der Waals surface area contributed by atoms with Crippen LogP contribution in [0.1, 0.15) is 11.1 Å². The predicted octanol–water partition coefficient (Wildman–Crippen LogP) is 2.21. The Kier molecular flexibility index (Phi) is 5.90. The summed E-state index contributed by atoms with van der Waals surface area (Å²) in [7, 11) is 0. The Morgan fingerprint density at radius 3 is 2.57 bits per heavy atom. The Hall–Kier alpha value is -3.86. The first-order chi connectivity index (χ1) is 14.7. The molecule has 1 fully saturated rings. The molecule has 0 unspecified atom stereocenters. The van der Waals surface area contributed by atoms with Crippen LogP contribution < -0.4 is 10.2 Å². The van der Waals surface area contributed by atoms with Crippen LogP contribution in [0.5, 0.6) is 0 Å². The van der Waals surface area contributed by atoms with E-state index in [4.69, 9.17) is 0 Å². The Morgan fingerprint density at radius 2 is 1.87 bits per heavy atom. The monoisotopic (exact) mass is 401 g/mol. The predicted molar refractivity (Wildman–Crippen MR) is 113 cm³/mol. The molecule has 2 amide bonds. The summed E-state index contributed by atoms with van der Waals surface area (Å²) in [6.07, 6.45) is 6.12. The van der Waals surface area contributed by atoms with Crippen LogP contribution in [0.3, 0.4) is 0 Å². The van der Waals surface area contributed by atoms with Crippen LogP contribution in [0.15, 0.2) is 61.1 Å². The molecule has 1 aromatic carbocycles. The average molecular weight is 401 g/mol. The number of hydrogen-bond acceptors (Lipinski definition) is 5. The number of urea groups is 1. The first-order valence-electron chi connectivity index (χ1n) is 9.96. The summed E-state index contributed by atoms with van der Waals surface area (Å²) in [6, 6.07) is 15.7. The van der Waals surface area contributed by atoms with Gasteiger partial charge in [-0.1, -0.05) is 12.1 Å². The Morgan fingerprint density at radius 1 is 1.07 bits per heavy atom. The van der Waals surface area contributed by atoms with Crippen molar-refractivity contribution in [1.82, 2.24) is 25.0 Å². The van der Waals surface area contributed by atoms with E-state index in [1.165, 1.54) is 0 Å². The number of piperazine rings is 1. The molecule has 8 nitrogen and oxygen atoms in total. The van der Waals surface area contributed by atoms with Crippen molar-refractivity contribution >= 4 is 11.8 Å². The summed E-state index contributed by atoms with van der Waals surface area (Å²) in [5.41, 5.74) is 2.74. The van der Waals surface area contributed by atoms with Crippen LogP contribution in [0.4, 0.5) is 10.6 Å². The first-order valence-corrected chi connectivity index (χ1v) is 9.96. The van der Waals surface area contributed by atoms with Gasteiger partial charge in [-0.15, -0.1) is 0 Å². The van der Waals surface area contributed by atoms with Crippen LogP contribution in [0, 0.1) is 11.3 Å². The molecule has 3 aromatic rings. The number of anilines is 1. The maximum atomic E-state index is 12.5. The molecule has 1 aliphatic rings. The molecule has 1 saturated heterocycles. The van der Waals surface area contributed by atoms with Crippen LogP contribution in [-0.2, 0) is 6.42 Å². The molecule has 2 aromatic heterocycles. The standard InChI is InChI=1S/C22H23N7O/c23-17-19-3-1-9-24-21(19)27-13-15-28(16-14-27)22(30)25-11-8-18-4-6-20(7-5-18)29-12-2-10-26-29/h1-7,9-10,12H,8,11,13-16H2,(H,25,30). The number of aromatic nitrogens is 3. The second-order valence-electron chi connectivity index (χ2n) is 7.06. The minimum atomic E-state index is -0.0515. The second-order valence-corrected chi connectivity index (χ2v) is 7.06. The lowest BCUT2D eigenvalue weighted by Crippen LogP contribution is -2.52. The van der Waals surface area contributed by atoms with Crippen LogP contribution in [0.25, 0.3) is 5.69 Å². The smallest absolute Gasteiger partial charge is 0.317 e. The van der Waals surface area contributed by atoms with Gasteiger partial charge in [-0.3, -0.25) is 0 Å². The highest BCUT2D eigenvalue weighted by Gasteiger charge is 2.23. The molecule has 1 aliphatic heterocycles. The van der Waals surface area contributed by atoms with Gasteiger partial charge in [0.25, 0.3) is 0 Å². The highest BCUT2D eigenvalue weighted by molar-refractivity contribution is 5.74. The third kappa shape index (κ3) is 4.41. The van der Waals surface area contributed by atoms with Gasteiger partial charge in [0.15, 0.2) is 0 Å². The number of pyridine rings is 1. The zero-order chi connectivity index (χ0) is 20.8. The van der Waals surface area contributed by atoms with Crippen molar-refractivity contribution in [1.29, 1.82) is 5.26 Å². The molecule has 3 heterocycles. The molecule has 0 atom stereocenters. The maximum absolute atomic E-state index is 12.5. The summed E-state index contributed by atoms with van der Waals surface area (Å²) in [6.45, 7) is 3.11. The minimum Gasteiger partial charge on any atom is -0.352 e. The van der Waals surface area contributed by atoms with Crippen LogP contribution >= 0.6 is 0 Å². The summed E-state index contributed by atoms with van der Waals surface area (Å²) >= 11 is 0. The van der Waals surface area contributed by atoms with E-state index in [2.05, 4.69) is 38.5 Å². The molecule has 0 aliphatic carbocycles. The maximum Gasteiger partial charge on any atom is 0.317 e. The second kappa shape index (κ2) is 9.09. The number of hydrogen-bond donors (Lipinski definition) is 1. The van der Waals surface area contributed by atoms with Crippen molar-refractivity contribution in [3.8, 4) is 11.8 Å². The van der Waals surface area contributed by atoms with Gasteiger partial charge < -0.3 is 15.1 Å². The number of benzene rings is 1. The van der Waals surface area contributed by atoms with Gasteiger partial charge in [0.2, 0.25) is 0 Å². The first kappa shape index (κ1) is 19.5. The number of amides is 2. The average Bonchev–Trinajstić information content (AvgIpc) is 3.34. The minimum absolute atomic E-state index is 0.0515. The number of nitrogens with one attached hydrogen (secondary N) is 1. The third-order valence-corrected chi connectivity index (χ3v) is 5.17. The summed E-state index contributed by atoms with van der Waals surface area (Å²) in [5, 5.41) is 16.5. The van der Waals surface area contributed by atoms with Gasteiger partial charge in [0.05, 0.1) is 11.3 Å². The molecule has 1 N–H and O–H groups in total. The molecule has 0 spiro atoms. The Labute approximate surface area is 175 Å². The largest absolute Gasteiger partial charge is 0.352 e. The topological polar surface area (TPSA) is 90.1 Å². The van der Waals surface area contributed by atoms with E-state index in [1.807, 2.05) is 34.0 Å². The SMILES string of the molecule is N#Cc1cccnc1N1CCN(C(=O)NCCc2ccc(-n3cccn3)cc2)CC1. The number of carbonyl (C=O) groups excluding carboxylic acids is 1. The van der Waals surface area contributed by atoms with Crippen LogP contribution in [0.2, 0.25) is 0 Å². The lowest BCUT2D eigenvalue weighted by atomic mass is 10.1. The van der Waals surface area contributed by atoms with Crippen LogP contribution in [-0.4, -0.2) is 58.4 Å². The molecular formula is C22H23N7O. The molecule has 0 radical (unpaired) electrons. The molecule has 152 valence electrons. The van der Waals surface area contributed by atoms with E-state index in [0.29, 0.717) is 44.1 Å². The molecular weight excluding hydrogens is 378 g/mol. The molecule has 30 heavy (non-hydrogen) atoms. The highest BCUT2D eigenvalue weighted by atomic mass is 16.2. The van der Waals surface area contributed by atoms with Crippen molar-refractivity contribution in [2.75, 3.05) is 37.6 Å². The van der Waals surface area contributed by atoms with Gasteiger partial charge in [-0.2, -0.15) is 10.4 Å². The zero-order valence-electron chi connectivity index (χ0n) is 16.6. The lowest BCUT2D eigenvalue weighted by Gasteiger charge is -2.35. The lowest BCUT2D eigenvalue weighted by molar-refractivity contribution is 0.194. The van der Waals surface area contributed by atoms with E-state index in [0.717, 1.165) is 17.7 Å². The summed E-state index contributed by atoms with van der Waals surface area (Å²) in [5.74, 6) is 0.693. The number of nitriles is 1. The molecule has 0 saturated carbocycles. The van der Waals surface area contributed by atoms with Gasteiger partial charge in [-0.25, -0.2) is 14.5 Å². The summed E-state index contributed by atoms with van der Waals surface area (Å²) < 4.78 is 1.82. The zero-order valence-corrected chi connectivity index (χ0v) is 16.6. The van der Waals surface area contributed by atoms with Crippen molar-refractivity contribution < 1.29 is 4.79 Å². The Bertz CT molecular complexity index is 1020. The number of nitrogens with zero attached hydrogens (tertiary/aromatic N) is 6. The number of carbonyl (C=O) groups is 1. The van der Waals surface area contributed by atoms with E-state index in [-0.39, 0.29) is 6.03 Å². The van der Waals surface area contributed by atoms with Crippen molar-refractivity contribution in [3.63, 3.8) is 0 Å². The van der Waals surface area contributed by atoms with Crippen molar-refractivity contribution in [3.05, 3.63) is 72.2 Å². The molecule has 0 bridgehead atoms. The quantitative estimate of drug-likeness (QED) is 0.708. The van der Waals surface area contributed by atoms with Crippen molar-refractivity contribution in [2.45, 2.75) is 6.42 Å². The molecule has 4 rings (SSSR count). The normalized spacial score (nSPS) is 13.7. The fourth-order valence-corrected chi connectivity index (χ4v) is 3.52. The fraction of sp³-hybridized carbons (Fsp3) is 0.273. The van der Waals surface area contributed by atoms with Gasteiger partial charge in [-0.05, 0) is 42.3 Å². The highest BCUT2D eigenvalue weighted by Crippen LogP contribution is 2.18. The van der Waals surface area contributed by atoms with Gasteiger partial charge >= 0.3 is 6.03 Å². The molecule has 8 heteroatoms. The number of rotatable bonds is 5. The van der Waals surface area contributed by atoms with Gasteiger partial charge in [0.1, 0.15) is 11.9 Å². The van der Waals surface area contributed by atoms with E-state index >= 15 is 0 Å². The third-order valence-electron chi connectivity index (χ3n) is 5.17.